The third-order valence-electron chi connectivity index (χ3n) is 1.87. The van der Waals surface area contributed by atoms with Gasteiger partial charge in [-0.15, -0.1) is 0 Å². The fourth-order valence-corrected chi connectivity index (χ4v) is 1.51. The van der Waals surface area contributed by atoms with Crippen LogP contribution in [0.3, 0.4) is 0 Å². The highest BCUT2D eigenvalue weighted by molar-refractivity contribution is 7.80. The molecule has 0 aliphatic carbocycles. The molecule has 0 aromatic carbocycles. The lowest BCUT2D eigenvalue weighted by Crippen LogP contribution is -2.34. The number of pyridine rings is 1. The summed E-state index contributed by atoms with van der Waals surface area (Å²) >= 11 is 4.94. The first-order chi connectivity index (χ1) is 7.54. The van der Waals surface area contributed by atoms with Crippen molar-refractivity contribution in [2.24, 2.45) is 5.73 Å². The number of rotatable bonds is 2. The SMILES string of the molecule is CCN(C(=S)OC(N)=O)c1cccc(C)n1. The zero-order valence-electron chi connectivity index (χ0n) is 9.14. The molecule has 0 spiro atoms. The van der Waals surface area contributed by atoms with E-state index in [0.29, 0.717) is 12.4 Å². The summed E-state index contributed by atoms with van der Waals surface area (Å²) in [6, 6.07) is 5.51. The molecule has 0 radical (unpaired) electrons. The normalized spacial score (nSPS) is 9.62. The number of carbonyl (C=O) groups is 1. The first-order valence-electron chi connectivity index (χ1n) is 4.77. The zero-order chi connectivity index (χ0) is 12.1. The van der Waals surface area contributed by atoms with Crippen molar-refractivity contribution in [1.82, 2.24) is 4.98 Å². The maximum absolute atomic E-state index is 10.6. The summed E-state index contributed by atoms with van der Waals surface area (Å²) in [4.78, 5) is 16.5. The van der Waals surface area contributed by atoms with E-state index in [0.717, 1.165) is 5.69 Å². The van der Waals surface area contributed by atoms with Crippen LogP contribution in [0.25, 0.3) is 0 Å². The van der Waals surface area contributed by atoms with E-state index in [-0.39, 0.29) is 5.17 Å². The van der Waals surface area contributed by atoms with Gasteiger partial charge in [-0.25, -0.2) is 9.78 Å². The van der Waals surface area contributed by atoms with Crippen molar-refractivity contribution in [3.05, 3.63) is 23.9 Å². The minimum absolute atomic E-state index is 0.00750. The van der Waals surface area contributed by atoms with Gasteiger partial charge in [-0.3, -0.25) is 4.90 Å². The minimum Gasteiger partial charge on any atom is -0.382 e. The minimum atomic E-state index is -0.920. The third-order valence-corrected chi connectivity index (χ3v) is 2.18. The maximum Gasteiger partial charge on any atom is 0.411 e. The summed E-state index contributed by atoms with van der Waals surface area (Å²) < 4.78 is 4.65. The molecule has 1 heterocycles. The Labute approximate surface area is 99.2 Å². The lowest BCUT2D eigenvalue weighted by atomic mass is 10.3. The molecule has 0 aliphatic heterocycles. The number of ether oxygens (including phenoxy) is 1. The number of anilines is 1. The summed E-state index contributed by atoms with van der Waals surface area (Å²) in [6.07, 6.45) is -0.920. The standard InChI is InChI=1S/C10H13N3O2S/c1-3-13(10(16)15-9(11)14)8-6-4-5-7(2)12-8/h4-6H,3H2,1-2H3,(H2,11,14). The van der Waals surface area contributed by atoms with E-state index in [1.807, 2.05) is 26.0 Å². The molecule has 1 rings (SSSR count). The first-order valence-corrected chi connectivity index (χ1v) is 5.18. The number of hydrogen-bond acceptors (Lipinski definition) is 4. The number of aryl methyl sites for hydroxylation is 1. The van der Waals surface area contributed by atoms with Crippen LogP contribution in [-0.4, -0.2) is 22.8 Å². The van der Waals surface area contributed by atoms with Crippen molar-refractivity contribution in [2.45, 2.75) is 13.8 Å². The second kappa shape index (κ2) is 5.41. The monoisotopic (exact) mass is 239 g/mol. The van der Waals surface area contributed by atoms with E-state index in [1.165, 1.54) is 0 Å². The van der Waals surface area contributed by atoms with Gasteiger partial charge in [0.15, 0.2) is 0 Å². The molecule has 0 aliphatic rings. The quantitative estimate of drug-likeness (QED) is 0.794. The topological polar surface area (TPSA) is 68.5 Å². The van der Waals surface area contributed by atoms with Crippen LogP contribution in [0.5, 0.6) is 0 Å². The van der Waals surface area contributed by atoms with E-state index < -0.39 is 6.09 Å². The Hall–Kier alpha value is -1.69. The van der Waals surface area contributed by atoms with Gasteiger partial charge < -0.3 is 10.5 Å². The highest BCUT2D eigenvalue weighted by Crippen LogP contribution is 2.12. The summed E-state index contributed by atoms with van der Waals surface area (Å²) in [5.41, 5.74) is 5.76. The molecular formula is C10H13N3O2S. The highest BCUT2D eigenvalue weighted by Gasteiger charge is 2.14. The summed E-state index contributed by atoms with van der Waals surface area (Å²) in [5.74, 6) is 0.633. The van der Waals surface area contributed by atoms with E-state index >= 15 is 0 Å². The van der Waals surface area contributed by atoms with Crippen molar-refractivity contribution in [2.75, 3.05) is 11.4 Å². The lowest BCUT2D eigenvalue weighted by molar-refractivity contribution is 0.208. The molecule has 0 saturated heterocycles. The van der Waals surface area contributed by atoms with Crippen molar-refractivity contribution >= 4 is 29.3 Å². The predicted molar refractivity (Wildman–Crippen MR) is 65.3 cm³/mol. The number of nitrogens with zero attached hydrogens (tertiary/aromatic N) is 2. The number of thiocarbonyl (C=S) groups is 1. The van der Waals surface area contributed by atoms with Crippen LogP contribution < -0.4 is 10.6 Å². The van der Waals surface area contributed by atoms with Gasteiger partial charge in [0.1, 0.15) is 5.82 Å². The van der Waals surface area contributed by atoms with Crippen molar-refractivity contribution in [3.8, 4) is 0 Å². The van der Waals surface area contributed by atoms with Crippen LogP contribution >= 0.6 is 12.2 Å². The summed E-state index contributed by atoms with van der Waals surface area (Å²) in [5, 5.41) is 0.00750. The van der Waals surface area contributed by atoms with Crippen molar-refractivity contribution in [1.29, 1.82) is 0 Å². The first kappa shape index (κ1) is 12.4. The second-order valence-corrected chi connectivity index (χ2v) is 3.42. The number of amides is 1. The molecule has 16 heavy (non-hydrogen) atoms. The van der Waals surface area contributed by atoms with E-state index in [1.54, 1.807) is 11.0 Å². The molecule has 6 heteroatoms. The van der Waals surface area contributed by atoms with Gasteiger partial charge in [0.05, 0.1) is 0 Å². The van der Waals surface area contributed by atoms with E-state index in [9.17, 15) is 4.79 Å². The van der Waals surface area contributed by atoms with Crippen molar-refractivity contribution in [3.63, 3.8) is 0 Å². The number of aromatic nitrogens is 1. The molecule has 86 valence electrons. The Bertz CT molecular complexity index is 409. The number of primary amides is 1. The summed E-state index contributed by atoms with van der Waals surface area (Å²) in [6.45, 7) is 4.29. The molecule has 1 aromatic rings. The van der Waals surface area contributed by atoms with Gasteiger partial charge in [-0.05, 0) is 38.2 Å². The van der Waals surface area contributed by atoms with Crippen LogP contribution in [0.4, 0.5) is 10.6 Å². The smallest absolute Gasteiger partial charge is 0.382 e. The zero-order valence-corrected chi connectivity index (χ0v) is 9.95. The molecule has 0 bridgehead atoms. The molecule has 0 saturated carbocycles. The predicted octanol–water partition coefficient (Wildman–Crippen LogP) is 1.60. The molecule has 0 unspecified atom stereocenters. The fraction of sp³-hybridized carbons (Fsp3) is 0.300. The molecule has 1 aromatic heterocycles. The van der Waals surface area contributed by atoms with Gasteiger partial charge in [-0.1, -0.05) is 6.07 Å². The summed E-state index contributed by atoms with van der Waals surface area (Å²) in [7, 11) is 0. The number of carbonyl (C=O) groups excluding carboxylic acids is 1. The van der Waals surface area contributed by atoms with Crippen LogP contribution in [0.1, 0.15) is 12.6 Å². The van der Waals surface area contributed by atoms with Crippen LogP contribution in [0.15, 0.2) is 18.2 Å². The molecule has 1 amide bonds. The average molecular weight is 239 g/mol. The fourth-order valence-electron chi connectivity index (χ4n) is 1.20. The van der Waals surface area contributed by atoms with Gasteiger partial charge in [0, 0.05) is 12.2 Å². The van der Waals surface area contributed by atoms with E-state index in [4.69, 9.17) is 18.0 Å². The Balaban J connectivity index is 2.89. The van der Waals surface area contributed by atoms with Crippen LogP contribution in [-0.2, 0) is 4.74 Å². The largest absolute Gasteiger partial charge is 0.411 e. The molecular weight excluding hydrogens is 226 g/mol. The molecule has 2 N–H and O–H groups in total. The highest BCUT2D eigenvalue weighted by atomic mass is 32.1. The van der Waals surface area contributed by atoms with Crippen LogP contribution in [0.2, 0.25) is 0 Å². The average Bonchev–Trinajstić information content (AvgIpc) is 2.17. The molecule has 5 nitrogen and oxygen atoms in total. The van der Waals surface area contributed by atoms with Gasteiger partial charge in [0.25, 0.3) is 5.17 Å². The van der Waals surface area contributed by atoms with Gasteiger partial charge in [0.2, 0.25) is 0 Å². The van der Waals surface area contributed by atoms with E-state index in [2.05, 4.69) is 9.72 Å². The Morgan fingerprint density at radius 3 is 2.81 bits per heavy atom. The molecule has 0 fully saturated rings. The second-order valence-electron chi connectivity index (χ2n) is 3.07. The molecule has 0 atom stereocenters. The van der Waals surface area contributed by atoms with Crippen molar-refractivity contribution < 1.29 is 9.53 Å². The third kappa shape index (κ3) is 3.16. The lowest BCUT2D eigenvalue weighted by Gasteiger charge is -2.20. The Morgan fingerprint density at radius 1 is 1.62 bits per heavy atom. The van der Waals surface area contributed by atoms with Gasteiger partial charge in [-0.2, -0.15) is 0 Å². The maximum atomic E-state index is 10.6. The Morgan fingerprint density at radius 2 is 2.31 bits per heavy atom. The Kier molecular flexibility index (Phi) is 4.19. The number of hydrogen-bond donors (Lipinski definition) is 1. The van der Waals surface area contributed by atoms with Crippen LogP contribution in [0, 0.1) is 6.92 Å². The van der Waals surface area contributed by atoms with Gasteiger partial charge >= 0.3 is 6.09 Å². The number of nitrogens with two attached hydrogens (primary N) is 1.